The van der Waals surface area contributed by atoms with Crippen molar-refractivity contribution in [1.29, 1.82) is 0 Å². The molecule has 0 aromatic carbocycles. The maximum Gasteiger partial charge on any atom is 0.183 e. The molecule has 3 rings (SSSR count). The molecule has 3 aromatic rings. The Kier molecular flexibility index (Phi) is 1.86. The summed E-state index contributed by atoms with van der Waals surface area (Å²) in [5, 5.41) is 11.4. The second-order valence-electron chi connectivity index (χ2n) is 3.38. The van der Waals surface area contributed by atoms with E-state index in [4.69, 9.17) is 0 Å². The zero-order chi connectivity index (χ0) is 11.0. The lowest BCUT2D eigenvalue weighted by atomic mass is 10.3. The Morgan fingerprint density at radius 1 is 1.25 bits per heavy atom. The van der Waals surface area contributed by atoms with Crippen molar-refractivity contribution in [1.82, 2.24) is 30.0 Å². The maximum absolute atomic E-state index is 4.40. The first-order chi connectivity index (χ1) is 7.84. The molecule has 0 N–H and O–H groups in total. The lowest BCUT2D eigenvalue weighted by molar-refractivity contribution is 0.811. The molecule has 0 fully saturated rings. The lowest BCUT2D eigenvalue weighted by Crippen LogP contribution is -2.00. The van der Waals surface area contributed by atoms with Gasteiger partial charge in [0.1, 0.15) is 5.69 Å². The molecule has 0 saturated carbocycles. The van der Waals surface area contributed by atoms with Crippen molar-refractivity contribution >= 4 is 5.65 Å². The van der Waals surface area contributed by atoms with Crippen molar-refractivity contribution < 1.29 is 0 Å². The normalized spacial score (nSPS) is 10.8. The second-order valence-corrected chi connectivity index (χ2v) is 3.38. The van der Waals surface area contributed by atoms with E-state index < -0.39 is 0 Å². The van der Waals surface area contributed by atoms with Crippen LogP contribution in [0.25, 0.3) is 17.2 Å². The highest BCUT2D eigenvalue weighted by atomic mass is 15.5. The molecule has 6 nitrogen and oxygen atoms in total. The van der Waals surface area contributed by atoms with Crippen LogP contribution < -0.4 is 0 Å². The van der Waals surface area contributed by atoms with E-state index in [1.165, 1.54) is 0 Å². The number of fused-ring (bicyclic) bond motifs is 1. The van der Waals surface area contributed by atoms with Crippen LogP contribution >= 0.6 is 0 Å². The Morgan fingerprint density at radius 3 is 3.00 bits per heavy atom. The lowest BCUT2D eigenvalue weighted by Gasteiger charge is -2.02. The number of nitrogens with zero attached hydrogens (tertiary/aromatic N) is 6. The van der Waals surface area contributed by atoms with Crippen LogP contribution in [0.1, 0.15) is 5.69 Å². The van der Waals surface area contributed by atoms with Gasteiger partial charge in [0.05, 0.1) is 0 Å². The van der Waals surface area contributed by atoms with Crippen LogP contribution in [-0.2, 0) is 0 Å². The summed E-state index contributed by atoms with van der Waals surface area (Å²) in [5.74, 6) is 0.653. The molecule has 0 aliphatic heterocycles. The number of tetrazole rings is 1. The largest absolute Gasteiger partial charge is 0.253 e. The van der Waals surface area contributed by atoms with Crippen molar-refractivity contribution in [2.75, 3.05) is 0 Å². The standard InChI is InChI=1S/C10H8N6/c1-7-6-9-13-14-15-16(9)10(12-7)8-4-2-3-5-11-8/h2-6H,1H3. The van der Waals surface area contributed by atoms with Gasteiger partial charge in [0.15, 0.2) is 11.5 Å². The Bertz CT molecular complexity index is 630. The first kappa shape index (κ1) is 8.90. The summed E-state index contributed by atoms with van der Waals surface area (Å²) >= 11 is 0. The van der Waals surface area contributed by atoms with Crippen molar-refractivity contribution in [2.45, 2.75) is 6.92 Å². The van der Waals surface area contributed by atoms with Gasteiger partial charge in [-0.1, -0.05) is 6.07 Å². The topological polar surface area (TPSA) is 68.9 Å². The third-order valence-corrected chi connectivity index (χ3v) is 2.21. The number of hydrogen-bond acceptors (Lipinski definition) is 5. The van der Waals surface area contributed by atoms with Crippen molar-refractivity contribution in [3.63, 3.8) is 0 Å². The molecule has 0 radical (unpaired) electrons. The van der Waals surface area contributed by atoms with E-state index in [-0.39, 0.29) is 0 Å². The molecular formula is C10H8N6. The number of pyridine rings is 1. The maximum atomic E-state index is 4.40. The summed E-state index contributed by atoms with van der Waals surface area (Å²) < 4.78 is 1.58. The first-order valence-corrected chi connectivity index (χ1v) is 4.82. The van der Waals surface area contributed by atoms with Gasteiger partial charge < -0.3 is 0 Å². The van der Waals surface area contributed by atoms with Gasteiger partial charge in [0.25, 0.3) is 0 Å². The van der Waals surface area contributed by atoms with Crippen LogP contribution in [-0.4, -0.2) is 30.0 Å². The summed E-state index contributed by atoms with van der Waals surface area (Å²) in [7, 11) is 0. The highest BCUT2D eigenvalue weighted by Crippen LogP contribution is 2.14. The third-order valence-electron chi connectivity index (χ3n) is 2.21. The van der Waals surface area contributed by atoms with Crippen LogP contribution in [0.2, 0.25) is 0 Å². The monoisotopic (exact) mass is 212 g/mol. The Labute approximate surface area is 91.0 Å². The average Bonchev–Trinajstić information content (AvgIpc) is 2.77. The van der Waals surface area contributed by atoms with Gasteiger partial charge in [-0.15, -0.1) is 5.10 Å². The Hall–Kier alpha value is -2.37. The number of rotatable bonds is 1. The van der Waals surface area contributed by atoms with E-state index in [0.717, 1.165) is 11.4 Å². The molecule has 16 heavy (non-hydrogen) atoms. The third kappa shape index (κ3) is 1.31. The van der Waals surface area contributed by atoms with Gasteiger partial charge in [0, 0.05) is 18.0 Å². The molecule has 3 heterocycles. The Balaban J connectivity index is 2.34. The van der Waals surface area contributed by atoms with Crippen LogP contribution in [0.4, 0.5) is 0 Å². The molecule has 0 amide bonds. The van der Waals surface area contributed by atoms with Crippen molar-refractivity contribution in [2.24, 2.45) is 0 Å². The molecule has 0 aliphatic rings. The molecule has 0 unspecified atom stereocenters. The number of hydrogen-bond donors (Lipinski definition) is 0. The van der Waals surface area contributed by atoms with Gasteiger partial charge >= 0.3 is 0 Å². The molecule has 3 aromatic heterocycles. The quantitative estimate of drug-likeness (QED) is 0.599. The Morgan fingerprint density at radius 2 is 2.19 bits per heavy atom. The minimum absolute atomic E-state index is 0.653. The van der Waals surface area contributed by atoms with Crippen molar-refractivity contribution in [3.8, 4) is 11.5 Å². The molecule has 0 bridgehead atoms. The molecule has 78 valence electrons. The smallest absolute Gasteiger partial charge is 0.183 e. The van der Waals surface area contributed by atoms with E-state index >= 15 is 0 Å². The van der Waals surface area contributed by atoms with Crippen molar-refractivity contribution in [3.05, 3.63) is 36.2 Å². The van der Waals surface area contributed by atoms with Gasteiger partial charge in [-0.3, -0.25) is 4.98 Å². The highest BCUT2D eigenvalue weighted by Gasteiger charge is 2.09. The predicted octanol–water partition coefficient (Wildman–Crippen LogP) is 0.890. The summed E-state index contributed by atoms with van der Waals surface area (Å²) in [4.78, 5) is 8.64. The summed E-state index contributed by atoms with van der Waals surface area (Å²) in [6.07, 6.45) is 1.72. The average molecular weight is 212 g/mol. The van der Waals surface area contributed by atoms with E-state index in [2.05, 4.69) is 25.5 Å². The predicted molar refractivity (Wildman–Crippen MR) is 56.5 cm³/mol. The molecule has 0 spiro atoms. The molecule has 0 saturated heterocycles. The van der Waals surface area contributed by atoms with Crippen LogP contribution in [0.5, 0.6) is 0 Å². The van der Waals surface area contributed by atoms with E-state index in [9.17, 15) is 0 Å². The van der Waals surface area contributed by atoms with E-state index in [0.29, 0.717) is 11.5 Å². The van der Waals surface area contributed by atoms with Gasteiger partial charge in [-0.05, 0) is 29.5 Å². The first-order valence-electron chi connectivity index (χ1n) is 4.82. The zero-order valence-corrected chi connectivity index (χ0v) is 8.57. The van der Waals surface area contributed by atoms with E-state index in [1.54, 1.807) is 10.7 Å². The number of aryl methyl sites for hydroxylation is 1. The van der Waals surface area contributed by atoms with Crippen LogP contribution in [0.15, 0.2) is 30.5 Å². The summed E-state index contributed by atoms with van der Waals surface area (Å²) in [6.45, 7) is 1.90. The van der Waals surface area contributed by atoms with E-state index in [1.807, 2.05) is 31.2 Å². The second kappa shape index (κ2) is 3.34. The minimum Gasteiger partial charge on any atom is -0.253 e. The van der Waals surface area contributed by atoms with Gasteiger partial charge in [-0.25, -0.2) is 4.98 Å². The fourth-order valence-corrected chi connectivity index (χ4v) is 1.53. The number of aromatic nitrogens is 6. The fraction of sp³-hybridized carbons (Fsp3) is 0.100. The highest BCUT2D eigenvalue weighted by molar-refractivity contribution is 5.54. The zero-order valence-electron chi connectivity index (χ0n) is 8.57. The summed E-state index contributed by atoms with van der Waals surface area (Å²) in [6, 6.07) is 7.47. The SMILES string of the molecule is Cc1cc2nnnn2c(-c2ccccn2)n1. The fourth-order valence-electron chi connectivity index (χ4n) is 1.53. The van der Waals surface area contributed by atoms with Crippen LogP contribution in [0, 0.1) is 6.92 Å². The molecule has 6 heteroatoms. The summed E-state index contributed by atoms with van der Waals surface area (Å²) in [5.41, 5.74) is 2.29. The van der Waals surface area contributed by atoms with Gasteiger partial charge in [0.2, 0.25) is 0 Å². The van der Waals surface area contributed by atoms with Crippen LogP contribution in [0.3, 0.4) is 0 Å². The molecule has 0 aliphatic carbocycles. The minimum atomic E-state index is 0.653. The molecular weight excluding hydrogens is 204 g/mol. The molecule has 0 atom stereocenters. The van der Waals surface area contributed by atoms with Gasteiger partial charge in [-0.2, -0.15) is 4.52 Å².